The van der Waals surface area contributed by atoms with Gasteiger partial charge in [0.1, 0.15) is 12.4 Å². The SMILES string of the molecule is NC(=O)c1cn(-c2ccccc2-c2ccccc2)nc1CF. The van der Waals surface area contributed by atoms with Gasteiger partial charge < -0.3 is 5.73 Å². The first-order chi connectivity index (χ1) is 10.7. The van der Waals surface area contributed by atoms with Crippen LogP contribution in [-0.4, -0.2) is 15.7 Å². The highest BCUT2D eigenvalue weighted by Crippen LogP contribution is 2.26. The Morgan fingerprint density at radius 3 is 2.41 bits per heavy atom. The number of rotatable bonds is 4. The smallest absolute Gasteiger partial charge is 0.252 e. The number of aromatic nitrogens is 2. The summed E-state index contributed by atoms with van der Waals surface area (Å²) in [6.45, 7) is -0.835. The van der Waals surface area contributed by atoms with Gasteiger partial charge in [-0.2, -0.15) is 5.10 Å². The van der Waals surface area contributed by atoms with Crippen LogP contribution in [0.2, 0.25) is 0 Å². The van der Waals surface area contributed by atoms with Crippen LogP contribution in [0.4, 0.5) is 4.39 Å². The lowest BCUT2D eigenvalue weighted by Crippen LogP contribution is -2.11. The van der Waals surface area contributed by atoms with Crippen molar-refractivity contribution in [1.82, 2.24) is 9.78 Å². The van der Waals surface area contributed by atoms with Gasteiger partial charge in [-0.05, 0) is 11.6 Å². The van der Waals surface area contributed by atoms with Gasteiger partial charge in [0.15, 0.2) is 0 Å². The van der Waals surface area contributed by atoms with Crippen molar-refractivity contribution in [2.75, 3.05) is 0 Å². The van der Waals surface area contributed by atoms with Crippen LogP contribution in [0.15, 0.2) is 60.8 Å². The summed E-state index contributed by atoms with van der Waals surface area (Å²) in [4.78, 5) is 11.4. The maximum atomic E-state index is 13.0. The summed E-state index contributed by atoms with van der Waals surface area (Å²) in [6.07, 6.45) is 1.47. The van der Waals surface area contributed by atoms with Crippen molar-refractivity contribution in [1.29, 1.82) is 0 Å². The Kier molecular flexibility index (Phi) is 3.70. The van der Waals surface area contributed by atoms with Crippen molar-refractivity contribution in [3.8, 4) is 16.8 Å². The molecule has 1 amide bonds. The third-order valence-corrected chi connectivity index (χ3v) is 3.42. The Hall–Kier alpha value is -2.95. The van der Waals surface area contributed by atoms with Crippen LogP contribution in [0.3, 0.4) is 0 Å². The summed E-state index contributed by atoms with van der Waals surface area (Å²) in [5, 5.41) is 4.15. The number of benzene rings is 2. The molecule has 1 heterocycles. The molecule has 2 aromatic carbocycles. The van der Waals surface area contributed by atoms with Gasteiger partial charge in [-0.25, -0.2) is 9.07 Å². The van der Waals surface area contributed by atoms with Crippen molar-refractivity contribution in [2.24, 2.45) is 5.73 Å². The Bertz CT molecular complexity index is 812. The van der Waals surface area contributed by atoms with Gasteiger partial charge in [0.2, 0.25) is 0 Å². The molecule has 1 aromatic heterocycles. The average molecular weight is 295 g/mol. The zero-order valence-electron chi connectivity index (χ0n) is 11.7. The monoisotopic (exact) mass is 295 g/mol. The third-order valence-electron chi connectivity index (χ3n) is 3.42. The minimum Gasteiger partial charge on any atom is -0.365 e. The lowest BCUT2D eigenvalue weighted by molar-refractivity contribution is 0.0998. The first-order valence-electron chi connectivity index (χ1n) is 6.80. The molecule has 5 heteroatoms. The number of carbonyl (C=O) groups excluding carboxylic acids is 1. The molecular formula is C17H14FN3O. The second kappa shape index (κ2) is 5.81. The predicted octanol–water partition coefficient (Wildman–Crippen LogP) is 3.11. The van der Waals surface area contributed by atoms with Crippen LogP contribution < -0.4 is 5.73 Å². The molecule has 0 aliphatic carbocycles. The molecule has 0 unspecified atom stereocenters. The predicted molar refractivity (Wildman–Crippen MR) is 82.3 cm³/mol. The van der Waals surface area contributed by atoms with Crippen molar-refractivity contribution < 1.29 is 9.18 Å². The molecule has 4 nitrogen and oxygen atoms in total. The highest BCUT2D eigenvalue weighted by atomic mass is 19.1. The van der Waals surface area contributed by atoms with E-state index in [1.165, 1.54) is 10.9 Å². The summed E-state index contributed by atoms with van der Waals surface area (Å²) in [5.41, 5.74) is 8.13. The van der Waals surface area contributed by atoms with E-state index in [9.17, 15) is 9.18 Å². The maximum absolute atomic E-state index is 13.0. The third kappa shape index (κ3) is 2.48. The van der Waals surface area contributed by atoms with Crippen LogP contribution in [0, 0.1) is 0 Å². The van der Waals surface area contributed by atoms with Crippen molar-refractivity contribution in [3.63, 3.8) is 0 Å². The van der Waals surface area contributed by atoms with Gasteiger partial charge in [0, 0.05) is 11.8 Å². The van der Waals surface area contributed by atoms with E-state index in [4.69, 9.17) is 5.73 Å². The second-order valence-corrected chi connectivity index (χ2v) is 4.82. The van der Waals surface area contributed by atoms with Crippen LogP contribution in [0.1, 0.15) is 16.1 Å². The first kappa shape index (κ1) is 14.0. The Labute approximate surface area is 127 Å². The fourth-order valence-corrected chi connectivity index (χ4v) is 2.37. The Morgan fingerprint density at radius 2 is 1.77 bits per heavy atom. The standard InChI is InChI=1S/C17H14FN3O/c18-10-15-14(17(19)22)11-21(20-15)16-9-5-4-8-13(16)12-6-2-1-3-7-12/h1-9,11H,10H2,(H2,19,22). The minimum absolute atomic E-state index is 0.0513. The topological polar surface area (TPSA) is 60.9 Å². The zero-order valence-corrected chi connectivity index (χ0v) is 11.7. The van der Waals surface area contributed by atoms with Gasteiger partial charge in [0.05, 0.1) is 11.3 Å². The van der Waals surface area contributed by atoms with E-state index in [1.807, 2.05) is 54.6 Å². The number of nitrogens with two attached hydrogens (primary N) is 1. The molecule has 0 saturated carbocycles. The van der Waals surface area contributed by atoms with E-state index in [2.05, 4.69) is 5.10 Å². The molecule has 0 saturated heterocycles. The summed E-state index contributed by atoms with van der Waals surface area (Å²) in [7, 11) is 0. The quantitative estimate of drug-likeness (QED) is 0.804. The lowest BCUT2D eigenvalue weighted by Gasteiger charge is -2.09. The van der Waals surface area contributed by atoms with Crippen LogP contribution in [0.25, 0.3) is 16.8 Å². The molecule has 0 fully saturated rings. The van der Waals surface area contributed by atoms with Gasteiger partial charge in [0.25, 0.3) is 5.91 Å². The number of nitrogens with zero attached hydrogens (tertiary/aromatic N) is 2. The summed E-state index contributed by atoms with van der Waals surface area (Å²) < 4.78 is 14.5. The van der Waals surface area contributed by atoms with Crippen LogP contribution >= 0.6 is 0 Å². The molecule has 0 radical (unpaired) electrons. The van der Waals surface area contributed by atoms with E-state index in [-0.39, 0.29) is 11.3 Å². The molecule has 0 aliphatic rings. The van der Waals surface area contributed by atoms with E-state index >= 15 is 0 Å². The highest BCUT2D eigenvalue weighted by molar-refractivity contribution is 5.93. The molecule has 110 valence electrons. The summed E-state index contributed by atoms with van der Waals surface area (Å²) in [6, 6.07) is 17.4. The fraction of sp³-hybridized carbons (Fsp3) is 0.0588. The molecule has 0 atom stereocenters. The normalized spacial score (nSPS) is 10.6. The van der Waals surface area contributed by atoms with Crippen molar-refractivity contribution in [3.05, 3.63) is 72.1 Å². The number of alkyl halides is 1. The number of carbonyl (C=O) groups is 1. The fourth-order valence-electron chi connectivity index (χ4n) is 2.37. The lowest BCUT2D eigenvalue weighted by atomic mass is 10.0. The number of para-hydroxylation sites is 1. The molecule has 0 bridgehead atoms. The minimum atomic E-state index is -0.835. The van der Waals surface area contributed by atoms with Gasteiger partial charge in [-0.3, -0.25) is 4.79 Å². The summed E-state index contributed by atoms with van der Waals surface area (Å²) >= 11 is 0. The largest absolute Gasteiger partial charge is 0.365 e. The van der Waals surface area contributed by atoms with E-state index in [0.29, 0.717) is 0 Å². The number of halogens is 1. The molecule has 0 aliphatic heterocycles. The summed E-state index contributed by atoms with van der Waals surface area (Å²) in [5.74, 6) is -0.684. The number of hydrogen-bond acceptors (Lipinski definition) is 2. The van der Waals surface area contributed by atoms with Crippen molar-refractivity contribution in [2.45, 2.75) is 6.67 Å². The van der Waals surface area contributed by atoms with E-state index in [1.54, 1.807) is 0 Å². The Balaban J connectivity index is 2.16. The molecule has 3 rings (SSSR count). The molecule has 3 aromatic rings. The van der Waals surface area contributed by atoms with Gasteiger partial charge in [-0.15, -0.1) is 0 Å². The van der Waals surface area contributed by atoms with Crippen LogP contribution in [0.5, 0.6) is 0 Å². The van der Waals surface area contributed by atoms with Crippen molar-refractivity contribution >= 4 is 5.91 Å². The maximum Gasteiger partial charge on any atom is 0.252 e. The molecule has 2 N–H and O–H groups in total. The number of amides is 1. The number of primary amides is 1. The number of hydrogen-bond donors (Lipinski definition) is 1. The average Bonchev–Trinajstić information content (AvgIpc) is 3.00. The molecular weight excluding hydrogens is 281 g/mol. The second-order valence-electron chi connectivity index (χ2n) is 4.82. The van der Waals surface area contributed by atoms with E-state index < -0.39 is 12.6 Å². The van der Waals surface area contributed by atoms with E-state index in [0.717, 1.165) is 16.8 Å². The highest BCUT2D eigenvalue weighted by Gasteiger charge is 2.16. The van der Waals surface area contributed by atoms with Gasteiger partial charge in [-0.1, -0.05) is 48.5 Å². The zero-order chi connectivity index (χ0) is 15.5. The van der Waals surface area contributed by atoms with Crippen LogP contribution in [-0.2, 0) is 6.67 Å². The van der Waals surface area contributed by atoms with Gasteiger partial charge >= 0.3 is 0 Å². The first-order valence-corrected chi connectivity index (χ1v) is 6.80. The molecule has 22 heavy (non-hydrogen) atoms. The Morgan fingerprint density at radius 1 is 1.09 bits per heavy atom. The molecule has 0 spiro atoms.